The van der Waals surface area contributed by atoms with Crippen molar-refractivity contribution in [2.75, 3.05) is 13.2 Å². The monoisotopic (exact) mass is 406 g/mol. The molecular formula is C25H30N2O3. The maximum Gasteiger partial charge on any atom is 0.258 e. The number of amides is 2. The van der Waals surface area contributed by atoms with E-state index in [0.29, 0.717) is 5.75 Å². The minimum Gasteiger partial charge on any atom is -0.484 e. The van der Waals surface area contributed by atoms with Crippen LogP contribution in [0.25, 0.3) is 0 Å². The molecule has 1 N–H and O–H groups in total. The number of nitrogens with zero attached hydrogens (tertiary/aromatic N) is 1. The molecule has 0 radical (unpaired) electrons. The number of hydrogen-bond donors (Lipinski definition) is 1. The van der Waals surface area contributed by atoms with Crippen molar-refractivity contribution in [3.05, 3.63) is 64.7 Å². The van der Waals surface area contributed by atoms with Crippen LogP contribution in [0.2, 0.25) is 0 Å². The van der Waals surface area contributed by atoms with Gasteiger partial charge in [-0.25, -0.2) is 0 Å². The smallest absolute Gasteiger partial charge is 0.258 e. The minimum absolute atomic E-state index is 0.0170. The first kappa shape index (κ1) is 20.5. The second-order valence-electron chi connectivity index (χ2n) is 8.74. The van der Waals surface area contributed by atoms with Crippen molar-refractivity contribution in [1.29, 1.82) is 0 Å². The molecule has 2 aromatic rings. The molecule has 1 aliphatic carbocycles. The fourth-order valence-electron chi connectivity index (χ4n) is 4.11. The largest absolute Gasteiger partial charge is 0.484 e. The number of nitrogens with one attached hydrogen (secondary N) is 1. The number of rotatable bonds is 6. The van der Waals surface area contributed by atoms with Crippen molar-refractivity contribution >= 4 is 11.8 Å². The lowest BCUT2D eigenvalue weighted by Gasteiger charge is -2.38. The first-order chi connectivity index (χ1) is 14.4. The second kappa shape index (κ2) is 8.50. The van der Waals surface area contributed by atoms with E-state index in [2.05, 4.69) is 42.6 Å². The van der Waals surface area contributed by atoms with Gasteiger partial charge in [-0.1, -0.05) is 35.9 Å². The molecule has 2 aliphatic rings. The van der Waals surface area contributed by atoms with Gasteiger partial charge in [-0.05, 0) is 68.9 Å². The number of carbonyl (C=O) groups excluding carboxylic acids is 2. The van der Waals surface area contributed by atoms with Crippen LogP contribution in [0.5, 0.6) is 5.75 Å². The fourth-order valence-corrected chi connectivity index (χ4v) is 4.11. The van der Waals surface area contributed by atoms with Crippen LogP contribution in [0.3, 0.4) is 0 Å². The van der Waals surface area contributed by atoms with Gasteiger partial charge < -0.3 is 15.0 Å². The van der Waals surface area contributed by atoms with Crippen molar-refractivity contribution < 1.29 is 14.3 Å². The van der Waals surface area contributed by atoms with E-state index in [9.17, 15) is 9.59 Å². The summed E-state index contributed by atoms with van der Waals surface area (Å²) in [4.78, 5) is 27.1. The number of aryl methyl sites for hydroxylation is 1. The zero-order valence-electron chi connectivity index (χ0n) is 18.0. The van der Waals surface area contributed by atoms with Crippen LogP contribution in [-0.2, 0) is 16.0 Å². The molecule has 1 aliphatic heterocycles. The topological polar surface area (TPSA) is 58.6 Å². The Kier molecular flexibility index (Phi) is 5.80. The molecule has 0 aromatic heterocycles. The van der Waals surface area contributed by atoms with Gasteiger partial charge in [0.15, 0.2) is 6.61 Å². The molecule has 0 spiro atoms. The summed E-state index contributed by atoms with van der Waals surface area (Å²) in [7, 11) is 0. The summed E-state index contributed by atoms with van der Waals surface area (Å²) in [5.74, 6) is 0.960. The van der Waals surface area contributed by atoms with E-state index in [4.69, 9.17) is 4.74 Å². The van der Waals surface area contributed by atoms with Crippen LogP contribution in [-0.4, -0.2) is 35.9 Å². The van der Waals surface area contributed by atoms with Crippen LogP contribution in [0.1, 0.15) is 55.0 Å². The standard InChI is InChI=1S/C25H30N2O3/c1-16(2)26-23(28)15-30-21-11-10-18-12-13-27(25(29)20-8-9-20)24(22(18)14-21)19-6-4-17(3)5-7-19/h4-7,10-11,14,16,20,24H,8-9,12-13,15H2,1-3H3,(H,26,28)/t24-/m0/s1. The first-order valence-corrected chi connectivity index (χ1v) is 10.8. The zero-order chi connectivity index (χ0) is 21.3. The van der Waals surface area contributed by atoms with Crippen LogP contribution < -0.4 is 10.1 Å². The first-order valence-electron chi connectivity index (χ1n) is 10.8. The van der Waals surface area contributed by atoms with E-state index in [1.54, 1.807) is 0 Å². The zero-order valence-corrected chi connectivity index (χ0v) is 18.0. The van der Waals surface area contributed by atoms with Gasteiger partial charge in [0.2, 0.25) is 5.91 Å². The molecule has 4 rings (SSSR count). The molecule has 1 atom stereocenters. The molecule has 2 amide bonds. The van der Waals surface area contributed by atoms with Gasteiger partial charge in [0.1, 0.15) is 5.75 Å². The van der Waals surface area contributed by atoms with Crippen LogP contribution >= 0.6 is 0 Å². The van der Waals surface area contributed by atoms with Crippen LogP contribution in [0, 0.1) is 12.8 Å². The lowest BCUT2D eigenvalue weighted by molar-refractivity contribution is -0.134. The van der Waals surface area contributed by atoms with Crippen molar-refractivity contribution in [2.45, 2.75) is 52.1 Å². The Bertz CT molecular complexity index is 932. The van der Waals surface area contributed by atoms with Crippen LogP contribution in [0.4, 0.5) is 0 Å². The molecule has 2 aromatic carbocycles. The highest BCUT2D eigenvalue weighted by Gasteiger charge is 2.39. The SMILES string of the molecule is Cc1ccc([C@H]2c3cc(OCC(=O)NC(C)C)ccc3CCN2C(=O)C2CC2)cc1. The molecule has 5 nitrogen and oxygen atoms in total. The molecular weight excluding hydrogens is 376 g/mol. The van der Waals surface area contributed by atoms with E-state index < -0.39 is 0 Å². The van der Waals surface area contributed by atoms with Crippen molar-refractivity contribution in [3.8, 4) is 5.75 Å². The van der Waals surface area contributed by atoms with E-state index in [0.717, 1.165) is 36.9 Å². The quantitative estimate of drug-likeness (QED) is 0.794. The highest BCUT2D eigenvalue weighted by Crippen LogP contribution is 2.41. The number of fused-ring (bicyclic) bond motifs is 1. The van der Waals surface area contributed by atoms with Crippen molar-refractivity contribution in [1.82, 2.24) is 10.2 Å². The van der Waals surface area contributed by atoms with Gasteiger partial charge in [0.25, 0.3) is 5.91 Å². The Balaban J connectivity index is 1.64. The average molecular weight is 407 g/mol. The maximum atomic E-state index is 13.1. The van der Waals surface area contributed by atoms with Crippen molar-refractivity contribution in [2.24, 2.45) is 5.92 Å². The fraction of sp³-hybridized carbons (Fsp3) is 0.440. The Morgan fingerprint density at radius 1 is 1.13 bits per heavy atom. The molecule has 0 unspecified atom stereocenters. The Morgan fingerprint density at radius 2 is 1.87 bits per heavy atom. The maximum absolute atomic E-state index is 13.1. The van der Waals surface area contributed by atoms with E-state index in [1.165, 1.54) is 11.1 Å². The van der Waals surface area contributed by atoms with Gasteiger partial charge in [0.05, 0.1) is 6.04 Å². The Morgan fingerprint density at radius 3 is 2.53 bits per heavy atom. The average Bonchev–Trinajstić information content (AvgIpc) is 3.56. The summed E-state index contributed by atoms with van der Waals surface area (Å²) >= 11 is 0. The highest BCUT2D eigenvalue weighted by atomic mass is 16.5. The minimum atomic E-state index is -0.136. The predicted octanol–water partition coefficient (Wildman–Crippen LogP) is 3.78. The third kappa shape index (κ3) is 4.50. The normalized spacial score (nSPS) is 18.1. The van der Waals surface area contributed by atoms with Gasteiger partial charge in [-0.15, -0.1) is 0 Å². The van der Waals surface area contributed by atoms with Crippen molar-refractivity contribution in [3.63, 3.8) is 0 Å². The summed E-state index contributed by atoms with van der Waals surface area (Å²) in [5, 5.41) is 2.84. The number of hydrogen-bond acceptors (Lipinski definition) is 3. The summed E-state index contributed by atoms with van der Waals surface area (Å²) in [6.45, 7) is 6.64. The molecule has 0 saturated heterocycles. The molecule has 5 heteroatoms. The summed E-state index contributed by atoms with van der Waals surface area (Å²) in [5.41, 5.74) is 4.65. The van der Waals surface area contributed by atoms with Crippen LogP contribution in [0.15, 0.2) is 42.5 Å². The second-order valence-corrected chi connectivity index (χ2v) is 8.74. The number of carbonyl (C=O) groups is 2. The van der Waals surface area contributed by atoms with Gasteiger partial charge >= 0.3 is 0 Å². The molecule has 158 valence electrons. The molecule has 0 bridgehead atoms. The molecule has 30 heavy (non-hydrogen) atoms. The van der Waals surface area contributed by atoms with Gasteiger partial charge in [0, 0.05) is 18.5 Å². The third-order valence-corrected chi connectivity index (χ3v) is 5.77. The summed E-state index contributed by atoms with van der Waals surface area (Å²) < 4.78 is 5.78. The molecule has 1 saturated carbocycles. The van der Waals surface area contributed by atoms with Gasteiger partial charge in [-0.2, -0.15) is 0 Å². The summed E-state index contributed by atoms with van der Waals surface area (Å²) in [6.07, 6.45) is 2.83. The highest BCUT2D eigenvalue weighted by molar-refractivity contribution is 5.82. The van der Waals surface area contributed by atoms with E-state index in [-0.39, 0.29) is 36.4 Å². The number of ether oxygens (including phenoxy) is 1. The summed E-state index contributed by atoms with van der Waals surface area (Å²) in [6, 6.07) is 14.4. The van der Waals surface area contributed by atoms with E-state index in [1.807, 2.05) is 30.9 Å². The van der Waals surface area contributed by atoms with E-state index >= 15 is 0 Å². The molecule has 1 fully saturated rings. The van der Waals surface area contributed by atoms with Gasteiger partial charge in [-0.3, -0.25) is 9.59 Å². The lowest BCUT2D eigenvalue weighted by Crippen LogP contribution is -2.41. The third-order valence-electron chi connectivity index (χ3n) is 5.77. The Hall–Kier alpha value is -2.82. The number of benzene rings is 2. The predicted molar refractivity (Wildman–Crippen MR) is 116 cm³/mol. The Labute approximate surface area is 178 Å². The molecule has 1 heterocycles. The lowest BCUT2D eigenvalue weighted by atomic mass is 9.87.